The van der Waals surface area contributed by atoms with Gasteiger partial charge in [0.15, 0.2) is 0 Å². The van der Waals surface area contributed by atoms with Crippen molar-refractivity contribution in [1.82, 2.24) is 0 Å². The van der Waals surface area contributed by atoms with E-state index in [9.17, 15) is 4.79 Å². The van der Waals surface area contributed by atoms with Crippen molar-refractivity contribution in [1.29, 1.82) is 0 Å². The number of nitrogen functional groups attached to an aromatic ring is 1. The zero-order chi connectivity index (χ0) is 24.8. The van der Waals surface area contributed by atoms with E-state index in [1.807, 2.05) is 36.4 Å². The minimum absolute atomic E-state index is 0.193. The molecule has 0 amide bonds. The fraction of sp³-hybridized carbons (Fsp3) is 0.233. The number of benzene rings is 3. The van der Waals surface area contributed by atoms with Gasteiger partial charge >= 0.3 is 5.97 Å². The van der Waals surface area contributed by atoms with Crippen molar-refractivity contribution in [3.05, 3.63) is 82.7 Å². The largest absolute Gasteiger partial charge is 0.489 e. The first kappa shape index (κ1) is 24.4. The SMILES string of the molecule is CC#C[C@@H](CC(=O)OCC)c1ccc(OCc2ccc3scc(-c4c(C)cccc4N)c3c2)cc1. The number of esters is 1. The Morgan fingerprint density at radius 3 is 2.63 bits per heavy atom. The summed E-state index contributed by atoms with van der Waals surface area (Å²) >= 11 is 1.72. The average molecular weight is 484 g/mol. The molecule has 0 saturated carbocycles. The lowest BCUT2D eigenvalue weighted by atomic mass is 9.96. The molecule has 0 spiro atoms. The summed E-state index contributed by atoms with van der Waals surface area (Å²) in [6.45, 7) is 6.50. The van der Waals surface area contributed by atoms with Crippen LogP contribution in [-0.2, 0) is 16.1 Å². The second-order valence-electron chi connectivity index (χ2n) is 8.33. The number of rotatable bonds is 8. The molecule has 0 saturated heterocycles. The second-order valence-corrected chi connectivity index (χ2v) is 9.24. The normalized spacial score (nSPS) is 11.5. The van der Waals surface area contributed by atoms with Crippen molar-refractivity contribution in [2.45, 2.75) is 39.7 Å². The molecule has 0 radical (unpaired) electrons. The fourth-order valence-corrected chi connectivity index (χ4v) is 5.13. The van der Waals surface area contributed by atoms with Crippen LogP contribution in [0.2, 0.25) is 0 Å². The number of fused-ring (bicyclic) bond motifs is 1. The number of hydrogen-bond acceptors (Lipinski definition) is 5. The van der Waals surface area contributed by atoms with Gasteiger partial charge in [-0.15, -0.1) is 17.3 Å². The van der Waals surface area contributed by atoms with E-state index in [4.69, 9.17) is 15.2 Å². The maximum absolute atomic E-state index is 11.9. The Balaban J connectivity index is 1.49. The lowest BCUT2D eigenvalue weighted by molar-refractivity contribution is -0.143. The van der Waals surface area contributed by atoms with Crippen molar-refractivity contribution in [2.24, 2.45) is 0 Å². The lowest BCUT2D eigenvalue weighted by Crippen LogP contribution is -2.09. The molecule has 0 aliphatic rings. The fourth-order valence-electron chi connectivity index (χ4n) is 4.19. The smallest absolute Gasteiger partial charge is 0.307 e. The first-order chi connectivity index (χ1) is 17.0. The molecular formula is C30H29NO3S. The monoisotopic (exact) mass is 483 g/mol. The zero-order valence-electron chi connectivity index (χ0n) is 20.3. The highest BCUT2D eigenvalue weighted by atomic mass is 32.1. The van der Waals surface area contributed by atoms with E-state index in [2.05, 4.69) is 48.4 Å². The Morgan fingerprint density at radius 2 is 1.91 bits per heavy atom. The Morgan fingerprint density at radius 1 is 1.11 bits per heavy atom. The molecule has 0 aliphatic carbocycles. The molecule has 0 unspecified atom stereocenters. The molecule has 1 atom stereocenters. The van der Waals surface area contributed by atoms with E-state index in [0.29, 0.717) is 13.2 Å². The van der Waals surface area contributed by atoms with Crippen molar-refractivity contribution < 1.29 is 14.3 Å². The number of aryl methyl sites for hydroxylation is 1. The topological polar surface area (TPSA) is 61.5 Å². The molecule has 4 rings (SSSR count). The lowest BCUT2D eigenvalue weighted by Gasteiger charge is -2.12. The Hall–Kier alpha value is -3.75. The third-order valence-corrected chi connectivity index (χ3v) is 6.86. The van der Waals surface area contributed by atoms with E-state index in [-0.39, 0.29) is 18.3 Å². The summed E-state index contributed by atoms with van der Waals surface area (Å²) in [5, 5.41) is 3.37. The summed E-state index contributed by atoms with van der Waals surface area (Å²) in [4.78, 5) is 11.9. The third kappa shape index (κ3) is 5.67. The van der Waals surface area contributed by atoms with Crippen LogP contribution in [0.15, 0.2) is 66.0 Å². The third-order valence-electron chi connectivity index (χ3n) is 5.89. The maximum atomic E-state index is 11.9. The van der Waals surface area contributed by atoms with Crippen LogP contribution in [-0.4, -0.2) is 12.6 Å². The van der Waals surface area contributed by atoms with Crippen LogP contribution < -0.4 is 10.5 Å². The molecule has 4 nitrogen and oxygen atoms in total. The predicted octanol–water partition coefficient (Wildman–Crippen LogP) is 7.10. The van der Waals surface area contributed by atoms with Crippen LogP contribution in [0.4, 0.5) is 5.69 Å². The van der Waals surface area contributed by atoms with Crippen molar-refractivity contribution in [3.63, 3.8) is 0 Å². The van der Waals surface area contributed by atoms with Crippen molar-refractivity contribution >= 4 is 33.1 Å². The van der Waals surface area contributed by atoms with Gasteiger partial charge in [-0.2, -0.15) is 0 Å². The minimum Gasteiger partial charge on any atom is -0.489 e. The number of thiophene rings is 1. The van der Waals surface area contributed by atoms with Gasteiger partial charge < -0.3 is 15.2 Å². The Bertz CT molecular complexity index is 1370. The molecule has 2 N–H and O–H groups in total. The van der Waals surface area contributed by atoms with Crippen LogP contribution in [0, 0.1) is 18.8 Å². The summed E-state index contributed by atoms with van der Waals surface area (Å²) < 4.78 is 12.4. The molecule has 35 heavy (non-hydrogen) atoms. The van der Waals surface area contributed by atoms with Gasteiger partial charge in [-0.3, -0.25) is 4.79 Å². The summed E-state index contributed by atoms with van der Waals surface area (Å²) in [5.74, 6) is 6.35. The minimum atomic E-state index is -0.240. The quantitative estimate of drug-likeness (QED) is 0.165. The van der Waals surface area contributed by atoms with E-state index in [1.165, 1.54) is 15.6 Å². The Kier molecular flexibility index (Phi) is 7.74. The molecule has 4 aromatic rings. The van der Waals surface area contributed by atoms with Gasteiger partial charge in [0.05, 0.1) is 18.9 Å². The molecule has 1 heterocycles. The highest BCUT2D eigenvalue weighted by Crippen LogP contribution is 2.39. The number of anilines is 1. The number of carbonyl (C=O) groups excluding carboxylic acids is 1. The number of ether oxygens (including phenoxy) is 2. The van der Waals surface area contributed by atoms with Crippen LogP contribution in [0.25, 0.3) is 21.2 Å². The van der Waals surface area contributed by atoms with Gasteiger partial charge in [0.25, 0.3) is 0 Å². The summed E-state index contributed by atoms with van der Waals surface area (Å²) in [7, 11) is 0. The maximum Gasteiger partial charge on any atom is 0.307 e. The van der Waals surface area contributed by atoms with Gasteiger partial charge in [-0.25, -0.2) is 0 Å². The van der Waals surface area contributed by atoms with Crippen molar-refractivity contribution in [2.75, 3.05) is 12.3 Å². The molecule has 1 aromatic heterocycles. The van der Waals surface area contributed by atoms with E-state index >= 15 is 0 Å². The van der Waals surface area contributed by atoms with Crippen LogP contribution >= 0.6 is 11.3 Å². The van der Waals surface area contributed by atoms with Gasteiger partial charge in [0.1, 0.15) is 12.4 Å². The van der Waals surface area contributed by atoms with E-state index in [0.717, 1.165) is 33.7 Å². The molecular weight excluding hydrogens is 454 g/mol. The molecule has 5 heteroatoms. The van der Waals surface area contributed by atoms with Gasteiger partial charge in [0.2, 0.25) is 0 Å². The molecule has 0 aliphatic heterocycles. The first-order valence-electron chi connectivity index (χ1n) is 11.7. The number of nitrogens with two attached hydrogens (primary N) is 1. The summed E-state index contributed by atoms with van der Waals surface area (Å²) in [5.41, 5.74) is 12.6. The highest BCUT2D eigenvalue weighted by molar-refractivity contribution is 7.17. The standard InChI is InChI=1S/C30H29NO3S/c1-4-7-23(17-29(32)33-5-2)22-11-13-24(14-12-22)34-18-21-10-15-28-25(16-21)26(19-35-28)30-20(3)8-6-9-27(30)31/h6,8-16,19,23H,5,17-18,31H2,1-3H3/t23-/m0/s1. The highest BCUT2D eigenvalue weighted by Gasteiger charge is 2.15. The predicted molar refractivity (Wildman–Crippen MR) is 145 cm³/mol. The van der Waals surface area contributed by atoms with Crippen LogP contribution in [0.1, 0.15) is 42.9 Å². The molecule has 178 valence electrons. The Labute approximate surface area is 210 Å². The van der Waals surface area contributed by atoms with Gasteiger partial charge in [-0.05, 0) is 73.2 Å². The number of hydrogen-bond donors (Lipinski definition) is 1. The van der Waals surface area contributed by atoms with Crippen LogP contribution in [0.3, 0.4) is 0 Å². The summed E-state index contributed by atoms with van der Waals surface area (Å²) in [6, 6.07) is 20.2. The van der Waals surface area contributed by atoms with Crippen LogP contribution in [0.5, 0.6) is 5.75 Å². The first-order valence-corrected chi connectivity index (χ1v) is 12.5. The summed E-state index contributed by atoms with van der Waals surface area (Å²) in [6.07, 6.45) is 0.239. The molecule has 3 aromatic carbocycles. The van der Waals surface area contributed by atoms with E-state index in [1.54, 1.807) is 25.2 Å². The van der Waals surface area contributed by atoms with E-state index < -0.39 is 0 Å². The number of carbonyl (C=O) groups is 1. The second kappa shape index (κ2) is 11.1. The van der Waals surface area contributed by atoms with Gasteiger partial charge in [0, 0.05) is 26.9 Å². The van der Waals surface area contributed by atoms with Gasteiger partial charge in [-0.1, -0.05) is 36.3 Å². The zero-order valence-corrected chi connectivity index (χ0v) is 21.1. The average Bonchev–Trinajstić information content (AvgIpc) is 3.26. The van der Waals surface area contributed by atoms with Crippen molar-refractivity contribution in [3.8, 4) is 28.7 Å². The molecule has 0 fully saturated rings. The molecule has 0 bridgehead atoms.